The monoisotopic (exact) mass is 417 g/mol. The highest BCUT2D eigenvalue weighted by atomic mass is 19.1. The molecule has 1 saturated heterocycles. The van der Waals surface area contributed by atoms with E-state index in [1.165, 1.54) is 16.7 Å². The van der Waals surface area contributed by atoms with Crippen LogP contribution < -0.4 is 20.9 Å². The van der Waals surface area contributed by atoms with Crippen molar-refractivity contribution in [2.24, 2.45) is 11.7 Å². The Morgan fingerprint density at radius 1 is 1.40 bits per heavy atom. The predicted molar refractivity (Wildman–Crippen MR) is 112 cm³/mol. The lowest BCUT2D eigenvalue weighted by atomic mass is 9.96. The van der Waals surface area contributed by atoms with Crippen LogP contribution in [0, 0.1) is 18.7 Å². The van der Waals surface area contributed by atoms with Gasteiger partial charge in [-0.2, -0.15) is 0 Å². The van der Waals surface area contributed by atoms with E-state index in [1.807, 2.05) is 11.8 Å². The van der Waals surface area contributed by atoms with E-state index in [2.05, 4.69) is 11.7 Å². The summed E-state index contributed by atoms with van der Waals surface area (Å²) in [6, 6.07) is 1.62. The van der Waals surface area contributed by atoms with Gasteiger partial charge in [-0.3, -0.25) is 9.20 Å². The van der Waals surface area contributed by atoms with Crippen molar-refractivity contribution in [1.82, 2.24) is 4.40 Å². The van der Waals surface area contributed by atoms with Gasteiger partial charge in [-0.1, -0.05) is 13.3 Å². The molecule has 2 aromatic heterocycles. The normalized spacial score (nSPS) is 20.0. The maximum Gasteiger partial charge on any atom is 0.511 e. The number of fused-ring (bicyclic) bond motifs is 1. The van der Waals surface area contributed by atoms with Gasteiger partial charge in [-0.15, -0.1) is 0 Å². The molecule has 0 amide bonds. The molecule has 1 aliphatic heterocycles. The average Bonchev–Trinajstić information content (AvgIpc) is 3.41. The van der Waals surface area contributed by atoms with Crippen LogP contribution in [0.2, 0.25) is 0 Å². The van der Waals surface area contributed by atoms with Crippen molar-refractivity contribution in [3.8, 4) is 5.75 Å². The van der Waals surface area contributed by atoms with Crippen molar-refractivity contribution in [1.29, 1.82) is 0 Å². The largest absolute Gasteiger partial charge is 0.511 e. The number of anilines is 1. The summed E-state index contributed by atoms with van der Waals surface area (Å²) in [7, 11) is 0. The molecule has 30 heavy (non-hydrogen) atoms. The first-order chi connectivity index (χ1) is 14.3. The number of hydrogen-bond acceptors (Lipinski definition) is 5. The first-order valence-electron chi connectivity index (χ1n) is 10.6. The molecular formula is C22H28FN3O4. The number of aryl methyl sites for hydroxylation is 1. The van der Waals surface area contributed by atoms with Gasteiger partial charge in [0.25, 0.3) is 5.56 Å². The molecule has 1 unspecified atom stereocenters. The Hall–Kier alpha value is -2.61. The standard InChI is InChI=1S/C22H28FN3O4/c1-3-4-17(24)14-7-8-25(10-14)20-12(2)19-15(13-5-6-13)9-18(30-22(28)29)21(27)26(19)11-16(20)23/h9,11,13-14,17H,3-8,10,24H2,1-2H3,(H,28,29)/t14-,17?/m1/s1. The second-order valence-corrected chi connectivity index (χ2v) is 8.53. The molecule has 2 aromatic rings. The number of ether oxygens (including phenoxy) is 1. The molecule has 4 rings (SSSR count). The smallest absolute Gasteiger partial charge is 0.449 e. The molecule has 0 aromatic carbocycles. The Kier molecular flexibility index (Phi) is 5.44. The van der Waals surface area contributed by atoms with Gasteiger partial charge in [0.1, 0.15) is 0 Å². The summed E-state index contributed by atoms with van der Waals surface area (Å²) in [5, 5.41) is 8.95. The third-order valence-electron chi connectivity index (χ3n) is 6.39. The van der Waals surface area contributed by atoms with E-state index in [0.717, 1.165) is 44.2 Å². The van der Waals surface area contributed by atoms with Gasteiger partial charge < -0.3 is 20.5 Å². The predicted octanol–water partition coefficient (Wildman–Crippen LogP) is 3.63. The Morgan fingerprint density at radius 2 is 2.13 bits per heavy atom. The number of nitrogens with zero attached hydrogens (tertiary/aromatic N) is 2. The van der Waals surface area contributed by atoms with Crippen LogP contribution in [0.1, 0.15) is 56.1 Å². The number of aromatic nitrogens is 1. The van der Waals surface area contributed by atoms with Gasteiger partial charge in [0.15, 0.2) is 11.6 Å². The topological polar surface area (TPSA) is 97.3 Å². The number of carboxylic acid groups (broad SMARTS) is 1. The SMILES string of the molecule is CCCC(N)[C@@H]1CCN(c2c(F)cn3c(=O)c(OC(=O)O)cc(C4CC4)c3c2C)C1. The minimum absolute atomic E-state index is 0.101. The Labute approximate surface area is 174 Å². The lowest BCUT2D eigenvalue weighted by Gasteiger charge is -2.25. The molecule has 0 bridgehead atoms. The number of hydrogen-bond donors (Lipinski definition) is 2. The van der Waals surface area contributed by atoms with Crippen LogP contribution in [0.25, 0.3) is 5.52 Å². The Balaban J connectivity index is 1.81. The summed E-state index contributed by atoms with van der Waals surface area (Å²) in [5.74, 6) is -0.254. The van der Waals surface area contributed by atoms with Crippen LogP contribution in [0.5, 0.6) is 5.75 Å². The fourth-order valence-corrected chi connectivity index (χ4v) is 4.79. The van der Waals surface area contributed by atoms with Crippen molar-refractivity contribution >= 4 is 17.4 Å². The second-order valence-electron chi connectivity index (χ2n) is 8.53. The quantitative estimate of drug-likeness (QED) is 0.697. The van der Waals surface area contributed by atoms with E-state index in [-0.39, 0.29) is 17.7 Å². The first kappa shape index (κ1) is 20.7. The van der Waals surface area contributed by atoms with Crippen LogP contribution in [0.3, 0.4) is 0 Å². The minimum Gasteiger partial charge on any atom is -0.449 e. The molecule has 0 radical (unpaired) electrons. The van der Waals surface area contributed by atoms with Crippen molar-refractivity contribution in [3.05, 3.63) is 39.6 Å². The summed E-state index contributed by atoms with van der Waals surface area (Å²) in [6.45, 7) is 5.35. The van der Waals surface area contributed by atoms with E-state index in [9.17, 15) is 9.59 Å². The zero-order chi connectivity index (χ0) is 21.6. The molecule has 8 heteroatoms. The fraction of sp³-hybridized carbons (Fsp3) is 0.545. The van der Waals surface area contributed by atoms with Crippen LogP contribution in [0.15, 0.2) is 17.1 Å². The molecule has 2 atom stereocenters. The van der Waals surface area contributed by atoms with Crippen LogP contribution in [0.4, 0.5) is 14.9 Å². The number of nitrogens with two attached hydrogens (primary N) is 1. The number of pyridine rings is 2. The second kappa shape index (κ2) is 7.91. The minimum atomic E-state index is -1.56. The first-order valence-corrected chi connectivity index (χ1v) is 10.6. The lowest BCUT2D eigenvalue weighted by molar-refractivity contribution is 0.143. The molecule has 1 saturated carbocycles. The number of carbonyl (C=O) groups is 1. The van der Waals surface area contributed by atoms with E-state index >= 15 is 4.39 Å². The van der Waals surface area contributed by atoms with E-state index in [1.54, 1.807) is 0 Å². The Morgan fingerprint density at radius 3 is 2.77 bits per heavy atom. The molecule has 162 valence electrons. The van der Waals surface area contributed by atoms with Gasteiger partial charge in [-0.05, 0) is 61.6 Å². The summed E-state index contributed by atoms with van der Waals surface area (Å²) < 4.78 is 21.1. The van der Waals surface area contributed by atoms with Crippen molar-refractivity contribution in [3.63, 3.8) is 0 Å². The molecular weight excluding hydrogens is 389 g/mol. The molecule has 2 aliphatic rings. The third-order valence-corrected chi connectivity index (χ3v) is 6.39. The highest BCUT2D eigenvalue weighted by Gasteiger charge is 2.33. The Bertz CT molecular complexity index is 1050. The van der Waals surface area contributed by atoms with Crippen molar-refractivity contribution in [2.75, 3.05) is 18.0 Å². The molecule has 3 N–H and O–H groups in total. The molecule has 0 spiro atoms. The van der Waals surface area contributed by atoms with Crippen LogP contribution >= 0.6 is 0 Å². The summed E-state index contributed by atoms with van der Waals surface area (Å²) >= 11 is 0. The van der Waals surface area contributed by atoms with E-state index in [4.69, 9.17) is 10.8 Å². The van der Waals surface area contributed by atoms with Gasteiger partial charge in [0, 0.05) is 19.1 Å². The van der Waals surface area contributed by atoms with Gasteiger partial charge in [-0.25, -0.2) is 9.18 Å². The number of rotatable bonds is 6. The van der Waals surface area contributed by atoms with Crippen molar-refractivity contribution < 1.29 is 19.0 Å². The average molecular weight is 417 g/mol. The maximum absolute atomic E-state index is 15.2. The summed E-state index contributed by atoms with van der Waals surface area (Å²) in [6.07, 6.45) is 4.39. The molecule has 2 fully saturated rings. The molecule has 3 heterocycles. The zero-order valence-corrected chi connectivity index (χ0v) is 17.4. The highest BCUT2D eigenvalue weighted by Crippen LogP contribution is 2.44. The lowest BCUT2D eigenvalue weighted by Crippen LogP contribution is -2.33. The maximum atomic E-state index is 15.2. The molecule has 1 aliphatic carbocycles. The van der Waals surface area contributed by atoms with Crippen LogP contribution in [-0.2, 0) is 0 Å². The van der Waals surface area contributed by atoms with Gasteiger partial charge in [0.2, 0.25) is 0 Å². The van der Waals surface area contributed by atoms with E-state index < -0.39 is 17.5 Å². The van der Waals surface area contributed by atoms with Crippen LogP contribution in [-0.4, -0.2) is 34.8 Å². The fourth-order valence-electron chi connectivity index (χ4n) is 4.79. The zero-order valence-electron chi connectivity index (χ0n) is 17.4. The molecule has 7 nitrogen and oxygen atoms in total. The summed E-state index contributed by atoms with van der Waals surface area (Å²) in [4.78, 5) is 25.8. The van der Waals surface area contributed by atoms with Crippen molar-refractivity contribution in [2.45, 2.75) is 57.9 Å². The third kappa shape index (κ3) is 3.64. The van der Waals surface area contributed by atoms with Gasteiger partial charge in [0.05, 0.1) is 17.4 Å². The van der Waals surface area contributed by atoms with Gasteiger partial charge >= 0.3 is 6.16 Å². The highest BCUT2D eigenvalue weighted by molar-refractivity contribution is 5.74. The number of halogens is 1. The summed E-state index contributed by atoms with van der Waals surface area (Å²) in [5.41, 5.74) is 8.34. The van der Waals surface area contributed by atoms with E-state index in [0.29, 0.717) is 29.2 Å².